The summed E-state index contributed by atoms with van der Waals surface area (Å²) in [7, 11) is 0. The van der Waals surface area contributed by atoms with Crippen molar-refractivity contribution in [1.29, 1.82) is 0 Å². The maximum Gasteiger partial charge on any atom is 0.326 e. The molecule has 120 valence electrons. The molecule has 3 rings (SSSR count). The molecule has 0 aliphatic carbocycles. The normalized spacial score (nSPS) is 13.7. The molecule has 1 aromatic heterocycles. The fourth-order valence-corrected chi connectivity index (χ4v) is 3.64. The van der Waals surface area contributed by atoms with Crippen LogP contribution in [0.5, 0.6) is 5.75 Å². The second kappa shape index (κ2) is 6.04. The Kier molecular flexibility index (Phi) is 4.09. The van der Waals surface area contributed by atoms with Crippen LogP contribution in [0.1, 0.15) is 29.1 Å². The summed E-state index contributed by atoms with van der Waals surface area (Å²) in [6, 6.07) is 8.58. The first-order valence-corrected chi connectivity index (χ1v) is 8.17. The van der Waals surface area contributed by atoms with Crippen molar-refractivity contribution in [1.82, 2.24) is 5.32 Å². The quantitative estimate of drug-likeness (QED) is 0.902. The fraction of sp³-hybridized carbons (Fsp3) is 0.294. The molecule has 0 saturated carbocycles. The van der Waals surface area contributed by atoms with E-state index in [1.54, 1.807) is 19.9 Å². The lowest BCUT2D eigenvalue weighted by atomic mass is 10.0. The number of ether oxygens (including phenoxy) is 1. The van der Waals surface area contributed by atoms with Gasteiger partial charge in [0.25, 0.3) is 5.91 Å². The summed E-state index contributed by atoms with van der Waals surface area (Å²) in [4.78, 5) is 25.1. The van der Waals surface area contributed by atoms with Gasteiger partial charge < -0.3 is 15.2 Å². The van der Waals surface area contributed by atoms with Gasteiger partial charge in [0, 0.05) is 16.0 Å². The van der Waals surface area contributed by atoms with Crippen molar-refractivity contribution in [2.75, 3.05) is 0 Å². The number of aliphatic carboxylic acids is 1. The molecule has 0 fully saturated rings. The van der Waals surface area contributed by atoms with E-state index in [9.17, 15) is 14.7 Å². The molecule has 0 saturated heterocycles. The number of hydrogen-bond donors (Lipinski definition) is 2. The Morgan fingerprint density at radius 1 is 1.30 bits per heavy atom. The molecule has 0 radical (unpaired) electrons. The number of thiophene rings is 1. The largest absolute Gasteiger partial charge is 0.488 e. The minimum absolute atomic E-state index is 0.185. The van der Waals surface area contributed by atoms with Crippen LogP contribution < -0.4 is 10.1 Å². The van der Waals surface area contributed by atoms with E-state index in [2.05, 4.69) is 5.32 Å². The van der Waals surface area contributed by atoms with Crippen LogP contribution >= 0.6 is 11.3 Å². The Balaban J connectivity index is 1.88. The Morgan fingerprint density at radius 2 is 2.04 bits per heavy atom. The smallest absolute Gasteiger partial charge is 0.326 e. The van der Waals surface area contributed by atoms with E-state index < -0.39 is 12.0 Å². The molecule has 2 aromatic rings. The second-order valence-corrected chi connectivity index (χ2v) is 6.84. The van der Waals surface area contributed by atoms with Gasteiger partial charge in [-0.15, -0.1) is 11.3 Å². The van der Waals surface area contributed by atoms with Crippen LogP contribution in [-0.2, 0) is 11.4 Å². The summed E-state index contributed by atoms with van der Waals surface area (Å²) in [5, 5.41) is 11.8. The number of carbonyl (C=O) groups is 2. The van der Waals surface area contributed by atoms with Gasteiger partial charge in [-0.3, -0.25) is 4.79 Å². The number of hydrogen-bond acceptors (Lipinski definition) is 4. The predicted molar refractivity (Wildman–Crippen MR) is 87.8 cm³/mol. The number of para-hydroxylation sites is 1. The lowest BCUT2D eigenvalue weighted by molar-refractivity contribution is -0.140. The van der Waals surface area contributed by atoms with Gasteiger partial charge in [0.1, 0.15) is 18.4 Å². The van der Waals surface area contributed by atoms with Gasteiger partial charge in [-0.1, -0.05) is 26.0 Å². The highest BCUT2D eigenvalue weighted by atomic mass is 32.1. The van der Waals surface area contributed by atoms with Crippen LogP contribution in [0.2, 0.25) is 0 Å². The molecule has 1 aromatic carbocycles. The van der Waals surface area contributed by atoms with Crippen molar-refractivity contribution in [2.45, 2.75) is 26.5 Å². The highest BCUT2D eigenvalue weighted by molar-refractivity contribution is 7.17. The number of fused-ring (bicyclic) bond motifs is 3. The first kappa shape index (κ1) is 15.6. The standard InChI is InChI=1S/C17H17NO4S/c1-9(2)14(17(20)21)18-16(19)13-7-10-8-22-12-6-4-3-5-11(12)15(10)23-13/h3-7,9,14H,8H2,1-2H3,(H,18,19)(H,20,21)/t14-/m1/s1. The summed E-state index contributed by atoms with van der Waals surface area (Å²) in [6.45, 7) is 3.95. The summed E-state index contributed by atoms with van der Waals surface area (Å²) < 4.78 is 5.68. The van der Waals surface area contributed by atoms with E-state index in [1.807, 2.05) is 24.3 Å². The average Bonchev–Trinajstić information content (AvgIpc) is 2.96. The van der Waals surface area contributed by atoms with Crippen LogP contribution in [0.25, 0.3) is 10.4 Å². The molecule has 1 aliphatic heterocycles. The van der Waals surface area contributed by atoms with Crippen molar-refractivity contribution >= 4 is 23.2 Å². The molecule has 2 heterocycles. The lowest BCUT2D eigenvalue weighted by Crippen LogP contribution is -2.44. The second-order valence-electron chi connectivity index (χ2n) is 5.78. The number of carboxylic acids is 1. The number of carboxylic acid groups (broad SMARTS) is 1. The molecule has 5 nitrogen and oxygen atoms in total. The SMILES string of the molecule is CC(C)[C@@H](NC(=O)c1cc2c(s1)-c1ccccc1OC2)C(=O)O. The Morgan fingerprint density at radius 3 is 2.74 bits per heavy atom. The Hall–Kier alpha value is -2.34. The molecule has 1 atom stereocenters. The Labute approximate surface area is 137 Å². The molecule has 23 heavy (non-hydrogen) atoms. The van der Waals surface area contributed by atoms with Gasteiger partial charge in [-0.05, 0) is 24.1 Å². The van der Waals surface area contributed by atoms with Crippen molar-refractivity contribution in [2.24, 2.45) is 5.92 Å². The molecule has 6 heteroatoms. The molecule has 2 N–H and O–H groups in total. The van der Waals surface area contributed by atoms with Crippen molar-refractivity contribution in [3.63, 3.8) is 0 Å². The maximum atomic E-state index is 12.4. The summed E-state index contributed by atoms with van der Waals surface area (Å²) in [5.41, 5.74) is 1.92. The molecular weight excluding hydrogens is 314 g/mol. The number of benzene rings is 1. The molecule has 1 aliphatic rings. The van der Waals surface area contributed by atoms with Crippen LogP contribution in [0.3, 0.4) is 0 Å². The van der Waals surface area contributed by atoms with Gasteiger partial charge in [0.05, 0.1) is 4.88 Å². The third kappa shape index (κ3) is 2.94. The van der Waals surface area contributed by atoms with Crippen LogP contribution in [0.15, 0.2) is 30.3 Å². The number of carbonyl (C=O) groups excluding carboxylic acids is 1. The van der Waals surface area contributed by atoms with Crippen molar-refractivity contribution in [3.05, 3.63) is 40.8 Å². The molecule has 1 amide bonds. The molecule has 0 spiro atoms. The van der Waals surface area contributed by atoms with Crippen LogP contribution in [0.4, 0.5) is 0 Å². The number of rotatable bonds is 4. The predicted octanol–water partition coefficient (Wildman–Crippen LogP) is 3.15. The van der Waals surface area contributed by atoms with Gasteiger partial charge in [-0.2, -0.15) is 0 Å². The monoisotopic (exact) mass is 331 g/mol. The minimum Gasteiger partial charge on any atom is -0.488 e. The Bertz CT molecular complexity index is 766. The summed E-state index contributed by atoms with van der Waals surface area (Å²) in [5.74, 6) is -0.763. The van der Waals surface area contributed by atoms with Gasteiger partial charge >= 0.3 is 5.97 Å². The highest BCUT2D eigenvalue weighted by Gasteiger charge is 2.27. The van der Waals surface area contributed by atoms with Gasteiger partial charge in [0.15, 0.2) is 0 Å². The van der Waals surface area contributed by atoms with E-state index in [0.717, 1.165) is 21.8 Å². The highest BCUT2D eigenvalue weighted by Crippen LogP contribution is 2.42. The van der Waals surface area contributed by atoms with E-state index in [-0.39, 0.29) is 11.8 Å². The fourth-order valence-electron chi connectivity index (χ4n) is 2.54. The minimum atomic E-state index is -1.02. The first-order chi connectivity index (χ1) is 11.0. The van der Waals surface area contributed by atoms with Gasteiger partial charge in [-0.25, -0.2) is 4.79 Å². The average molecular weight is 331 g/mol. The van der Waals surface area contributed by atoms with Crippen LogP contribution in [-0.4, -0.2) is 23.0 Å². The van der Waals surface area contributed by atoms with E-state index in [4.69, 9.17) is 4.74 Å². The molecule has 0 unspecified atom stereocenters. The third-order valence-corrected chi connectivity index (χ3v) is 4.98. The third-order valence-electron chi connectivity index (χ3n) is 3.77. The van der Waals surface area contributed by atoms with E-state index >= 15 is 0 Å². The lowest BCUT2D eigenvalue weighted by Gasteiger charge is -2.17. The first-order valence-electron chi connectivity index (χ1n) is 7.36. The van der Waals surface area contributed by atoms with E-state index in [1.165, 1.54) is 11.3 Å². The van der Waals surface area contributed by atoms with Crippen LogP contribution in [0, 0.1) is 5.92 Å². The number of nitrogens with one attached hydrogen (secondary N) is 1. The van der Waals surface area contributed by atoms with Gasteiger partial charge in [0.2, 0.25) is 0 Å². The zero-order valence-corrected chi connectivity index (χ0v) is 13.6. The molecule has 0 bridgehead atoms. The summed E-state index contributed by atoms with van der Waals surface area (Å²) >= 11 is 1.37. The van der Waals surface area contributed by atoms with Crippen molar-refractivity contribution < 1.29 is 19.4 Å². The zero-order chi connectivity index (χ0) is 16.6. The zero-order valence-electron chi connectivity index (χ0n) is 12.8. The summed E-state index contributed by atoms with van der Waals surface area (Å²) in [6.07, 6.45) is 0. The molecular formula is C17H17NO4S. The van der Waals surface area contributed by atoms with E-state index in [0.29, 0.717) is 11.5 Å². The number of amides is 1. The topological polar surface area (TPSA) is 75.6 Å². The van der Waals surface area contributed by atoms with Crippen molar-refractivity contribution in [3.8, 4) is 16.2 Å². The maximum absolute atomic E-state index is 12.4.